The zero-order valence-electron chi connectivity index (χ0n) is 11.4. The van der Waals surface area contributed by atoms with Gasteiger partial charge in [-0.1, -0.05) is 0 Å². The van der Waals surface area contributed by atoms with Crippen molar-refractivity contribution in [2.24, 2.45) is 5.92 Å². The standard InChI is InChI=1S/C13H17NO5S/c1-3-19-12-5-4-11(6-9(12)2)20(17,18)14-7-10(8-14)13(15)16/h4-6,10H,3,7-8H2,1-2H3,(H,15,16). The average molecular weight is 299 g/mol. The van der Waals surface area contributed by atoms with E-state index < -0.39 is 21.9 Å². The van der Waals surface area contributed by atoms with Crippen molar-refractivity contribution in [2.75, 3.05) is 19.7 Å². The maximum Gasteiger partial charge on any atom is 0.309 e. The molecule has 1 N–H and O–H groups in total. The Labute approximate surface area is 118 Å². The molecule has 110 valence electrons. The SMILES string of the molecule is CCOc1ccc(S(=O)(=O)N2CC(C(=O)O)C2)cc1C. The number of rotatable bonds is 5. The van der Waals surface area contributed by atoms with Gasteiger partial charge < -0.3 is 9.84 Å². The van der Waals surface area contributed by atoms with Gasteiger partial charge in [-0.15, -0.1) is 0 Å². The second-order valence-electron chi connectivity index (χ2n) is 4.72. The van der Waals surface area contributed by atoms with Crippen LogP contribution in [0.25, 0.3) is 0 Å². The van der Waals surface area contributed by atoms with Crippen LogP contribution in [0.1, 0.15) is 12.5 Å². The fraction of sp³-hybridized carbons (Fsp3) is 0.462. The second kappa shape index (κ2) is 5.41. The Kier molecular flexibility index (Phi) is 4.01. The fourth-order valence-electron chi connectivity index (χ4n) is 2.04. The fourth-order valence-corrected chi connectivity index (χ4v) is 3.66. The van der Waals surface area contributed by atoms with Gasteiger partial charge in [-0.3, -0.25) is 4.79 Å². The highest BCUT2D eigenvalue weighted by Gasteiger charge is 2.40. The molecule has 7 heteroatoms. The molecule has 1 saturated heterocycles. The molecule has 1 aliphatic heterocycles. The zero-order valence-corrected chi connectivity index (χ0v) is 12.2. The third-order valence-electron chi connectivity index (χ3n) is 3.28. The van der Waals surface area contributed by atoms with E-state index in [2.05, 4.69) is 0 Å². The van der Waals surface area contributed by atoms with Gasteiger partial charge in [0.05, 0.1) is 17.4 Å². The van der Waals surface area contributed by atoms with E-state index in [1.54, 1.807) is 19.1 Å². The highest BCUT2D eigenvalue weighted by atomic mass is 32.2. The van der Waals surface area contributed by atoms with Gasteiger partial charge in [0.1, 0.15) is 5.75 Å². The molecule has 0 bridgehead atoms. The van der Waals surface area contributed by atoms with Crippen LogP contribution in [-0.2, 0) is 14.8 Å². The molecule has 0 aliphatic carbocycles. The number of nitrogens with zero attached hydrogens (tertiary/aromatic N) is 1. The van der Waals surface area contributed by atoms with Crippen LogP contribution in [0.3, 0.4) is 0 Å². The summed E-state index contributed by atoms with van der Waals surface area (Å²) in [7, 11) is -3.61. The number of carboxylic acid groups (broad SMARTS) is 1. The Hall–Kier alpha value is -1.60. The lowest BCUT2D eigenvalue weighted by Crippen LogP contribution is -2.52. The molecule has 0 unspecified atom stereocenters. The van der Waals surface area contributed by atoms with Gasteiger partial charge in [0.25, 0.3) is 0 Å². The first-order valence-electron chi connectivity index (χ1n) is 6.32. The molecule has 0 atom stereocenters. The van der Waals surface area contributed by atoms with E-state index in [0.29, 0.717) is 12.4 Å². The molecule has 6 nitrogen and oxygen atoms in total. The number of carboxylic acids is 1. The van der Waals surface area contributed by atoms with Gasteiger partial charge in [-0.2, -0.15) is 4.31 Å². The van der Waals surface area contributed by atoms with Crippen molar-refractivity contribution in [3.05, 3.63) is 23.8 Å². The summed E-state index contributed by atoms with van der Waals surface area (Å²) in [6.07, 6.45) is 0. The summed E-state index contributed by atoms with van der Waals surface area (Å²) in [5, 5.41) is 8.79. The summed E-state index contributed by atoms with van der Waals surface area (Å²) < 4.78 is 31.1. The monoisotopic (exact) mass is 299 g/mol. The molecule has 2 rings (SSSR count). The van der Waals surface area contributed by atoms with E-state index in [4.69, 9.17) is 9.84 Å². The lowest BCUT2D eigenvalue weighted by atomic mass is 10.0. The number of sulfonamides is 1. The largest absolute Gasteiger partial charge is 0.494 e. The first-order valence-corrected chi connectivity index (χ1v) is 7.76. The third kappa shape index (κ3) is 2.64. The summed E-state index contributed by atoms with van der Waals surface area (Å²) in [5.41, 5.74) is 0.739. The van der Waals surface area contributed by atoms with Crippen molar-refractivity contribution < 1.29 is 23.1 Å². The van der Waals surface area contributed by atoms with Crippen LogP contribution in [0.5, 0.6) is 5.75 Å². The molecule has 0 radical (unpaired) electrons. The minimum atomic E-state index is -3.61. The maximum absolute atomic E-state index is 12.3. The Bertz CT molecular complexity index is 620. The van der Waals surface area contributed by atoms with E-state index in [1.807, 2.05) is 6.92 Å². The lowest BCUT2D eigenvalue weighted by Gasteiger charge is -2.35. The number of aliphatic carboxylic acids is 1. The summed E-state index contributed by atoms with van der Waals surface area (Å²) in [6.45, 7) is 4.21. The molecular weight excluding hydrogens is 282 g/mol. The number of hydrogen-bond acceptors (Lipinski definition) is 4. The van der Waals surface area contributed by atoms with Gasteiger partial charge in [0.15, 0.2) is 0 Å². The van der Waals surface area contributed by atoms with Gasteiger partial charge in [0, 0.05) is 13.1 Å². The molecule has 1 heterocycles. The first kappa shape index (κ1) is 14.8. The molecule has 0 amide bonds. The maximum atomic E-state index is 12.3. The topological polar surface area (TPSA) is 83.9 Å². The Morgan fingerprint density at radius 1 is 1.45 bits per heavy atom. The quantitative estimate of drug-likeness (QED) is 0.880. The van der Waals surface area contributed by atoms with Crippen LogP contribution in [0, 0.1) is 12.8 Å². The number of carbonyl (C=O) groups is 1. The second-order valence-corrected chi connectivity index (χ2v) is 6.66. The number of aryl methyl sites for hydroxylation is 1. The van der Waals surface area contributed by atoms with Crippen molar-refractivity contribution in [1.29, 1.82) is 0 Å². The molecule has 1 aromatic carbocycles. The van der Waals surface area contributed by atoms with Crippen LogP contribution in [-0.4, -0.2) is 43.5 Å². The van der Waals surface area contributed by atoms with E-state index in [1.165, 1.54) is 10.4 Å². The van der Waals surface area contributed by atoms with Gasteiger partial charge >= 0.3 is 5.97 Å². The lowest BCUT2D eigenvalue weighted by molar-refractivity contribution is -0.145. The Morgan fingerprint density at radius 2 is 2.10 bits per heavy atom. The van der Waals surface area contributed by atoms with Crippen LogP contribution >= 0.6 is 0 Å². The highest BCUT2D eigenvalue weighted by molar-refractivity contribution is 7.89. The van der Waals surface area contributed by atoms with Gasteiger partial charge in [-0.25, -0.2) is 8.42 Å². The molecule has 1 fully saturated rings. The highest BCUT2D eigenvalue weighted by Crippen LogP contribution is 2.28. The first-order chi connectivity index (χ1) is 9.36. The van der Waals surface area contributed by atoms with Crippen molar-refractivity contribution in [3.8, 4) is 5.75 Å². The molecule has 0 aromatic heterocycles. The Balaban J connectivity index is 2.19. The minimum Gasteiger partial charge on any atom is -0.494 e. The molecular formula is C13H17NO5S. The predicted octanol–water partition coefficient (Wildman–Crippen LogP) is 1.10. The van der Waals surface area contributed by atoms with E-state index >= 15 is 0 Å². The van der Waals surface area contributed by atoms with Gasteiger partial charge in [-0.05, 0) is 37.6 Å². The third-order valence-corrected chi connectivity index (χ3v) is 5.11. The van der Waals surface area contributed by atoms with Crippen LogP contribution in [0.2, 0.25) is 0 Å². The average Bonchev–Trinajstić information content (AvgIpc) is 2.28. The van der Waals surface area contributed by atoms with E-state index in [0.717, 1.165) is 5.56 Å². The Morgan fingerprint density at radius 3 is 2.60 bits per heavy atom. The van der Waals surface area contributed by atoms with Crippen LogP contribution in [0.4, 0.5) is 0 Å². The predicted molar refractivity (Wildman–Crippen MR) is 72.2 cm³/mol. The summed E-state index contributed by atoms with van der Waals surface area (Å²) in [6, 6.07) is 4.66. The van der Waals surface area contributed by atoms with E-state index in [-0.39, 0.29) is 18.0 Å². The van der Waals surface area contributed by atoms with Crippen LogP contribution in [0.15, 0.2) is 23.1 Å². The molecule has 1 aromatic rings. The summed E-state index contributed by atoms with van der Waals surface area (Å²) in [5.74, 6) is -0.911. The van der Waals surface area contributed by atoms with Gasteiger partial charge in [0.2, 0.25) is 10.0 Å². The van der Waals surface area contributed by atoms with Crippen molar-refractivity contribution in [2.45, 2.75) is 18.7 Å². The van der Waals surface area contributed by atoms with Crippen molar-refractivity contribution in [3.63, 3.8) is 0 Å². The number of hydrogen-bond donors (Lipinski definition) is 1. The normalized spacial score (nSPS) is 16.7. The number of benzene rings is 1. The molecule has 0 saturated carbocycles. The van der Waals surface area contributed by atoms with Crippen LogP contribution < -0.4 is 4.74 Å². The van der Waals surface area contributed by atoms with Crippen molar-refractivity contribution >= 4 is 16.0 Å². The summed E-state index contributed by atoms with van der Waals surface area (Å²) in [4.78, 5) is 10.9. The molecule has 0 spiro atoms. The van der Waals surface area contributed by atoms with E-state index in [9.17, 15) is 13.2 Å². The van der Waals surface area contributed by atoms with Crippen molar-refractivity contribution in [1.82, 2.24) is 4.31 Å². The smallest absolute Gasteiger partial charge is 0.309 e. The molecule has 1 aliphatic rings. The molecule has 20 heavy (non-hydrogen) atoms. The zero-order chi connectivity index (χ0) is 14.9. The number of ether oxygens (including phenoxy) is 1. The summed E-state index contributed by atoms with van der Waals surface area (Å²) >= 11 is 0. The minimum absolute atomic E-state index is 0.0317.